The monoisotopic (exact) mass is 362 g/mol. The highest BCUT2D eigenvalue weighted by Gasteiger charge is 2.24. The summed E-state index contributed by atoms with van der Waals surface area (Å²) in [5.41, 5.74) is 3.25. The molecule has 0 radical (unpaired) electrons. The van der Waals surface area contributed by atoms with Crippen molar-refractivity contribution < 1.29 is 4.79 Å². The van der Waals surface area contributed by atoms with E-state index in [0.717, 1.165) is 35.6 Å². The first-order valence-corrected chi connectivity index (χ1v) is 8.80. The number of aromatic nitrogens is 6. The summed E-state index contributed by atoms with van der Waals surface area (Å²) in [6.07, 6.45) is 6.75. The number of anilines is 1. The zero-order valence-corrected chi connectivity index (χ0v) is 14.9. The van der Waals surface area contributed by atoms with Crippen molar-refractivity contribution in [2.24, 2.45) is 7.05 Å². The Morgan fingerprint density at radius 2 is 1.93 bits per heavy atom. The molecule has 0 unspecified atom stereocenters. The molecule has 1 aliphatic rings. The number of amides is 1. The van der Waals surface area contributed by atoms with E-state index in [-0.39, 0.29) is 5.91 Å². The molecule has 1 fully saturated rings. The lowest BCUT2D eigenvalue weighted by Crippen LogP contribution is -2.49. The van der Waals surface area contributed by atoms with Crippen molar-refractivity contribution in [3.8, 4) is 0 Å². The lowest BCUT2D eigenvalue weighted by Gasteiger charge is -2.35. The highest BCUT2D eigenvalue weighted by atomic mass is 16.2. The van der Waals surface area contributed by atoms with Crippen molar-refractivity contribution in [3.63, 3.8) is 0 Å². The fraction of sp³-hybridized carbons (Fsp3) is 0.278. The van der Waals surface area contributed by atoms with Crippen LogP contribution in [0.15, 0.2) is 43.2 Å². The minimum Gasteiger partial charge on any atom is -0.352 e. The van der Waals surface area contributed by atoms with Gasteiger partial charge in [0.05, 0.1) is 29.8 Å². The molecule has 4 aromatic rings. The van der Waals surface area contributed by atoms with Gasteiger partial charge in [0.1, 0.15) is 6.33 Å². The van der Waals surface area contributed by atoms with Crippen LogP contribution in [0.3, 0.4) is 0 Å². The molecule has 1 saturated heterocycles. The maximum Gasteiger partial charge on any atom is 0.254 e. The topological polar surface area (TPSA) is 84.5 Å². The lowest BCUT2D eigenvalue weighted by atomic mass is 10.1. The molecule has 4 heterocycles. The van der Waals surface area contributed by atoms with Crippen molar-refractivity contribution in [2.45, 2.75) is 0 Å². The summed E-state index contributed by atoms with van der Waals surface area (Å²) in [4.78, 5) is 29.7. The molecule has 1 aliphatic heterocycles. The Bertz CT molecular complexity index is 1140. The fourth-order valence-electron chi connectivity index (χ4n) is 3.55. The Labute approximate surface area is 154 Å². The van der Waals surface area contributed by atoms with Crippen molar-refractivity contribution in [1.29, 1.82) is 0 Å². The highest BCUT2D eigenvalue weighted by Crippen LogP contribution is 2.19. The summed E-state index contributed by atoms with van der Waals surface area (Å²) in [5, 5.41) is 4.26. The molecule has 0 bridgehead atoms. The van der Waals surface area contributed by atoms with E-state index in [1.165, 1.54) is 6.33 Å². The molecule has 0 spiro atoms. The van der Waals surface area contributed by atoms with Gasteiger partial charge in [0.15, 0.2) is 11.5 Å². The third-order valence-corrected chi connectivity index (χ3v) is 5.03. The number of rotatable bonds is 2. The van der Waals surface area contributed by atoms with E-state index >= 15 is 0 Å². The molecule has 0 N–H and O–H groups in total. The predicted molar refractivity (Wildman–Crippen MR) is 99.6 cm³/mol. The number of benzene rings is 1. The van der Waals surface area contributed by atoms with E-state index < -0.39 is 0 Å². The summed E-state index contributed by atoms with van der Waals surface area (Å²) in [6, 6.07) is 5.69. The Balaban J connectivity index is 1.33. The number of hydrogen-bond donors (Lipinski definition) is 0. The molecule has 0 aliphatic carbocycles. The van der Waals surface area contributed by atoms with E-state index in [1.807, 2.05) is 34.7 Å². The first-order chi connectivity index (χ1) is 13.2. The zero-order valence-electron chi connectivity index (χ0n) is 14.9. The minimum atomic E-state index is 0.0410. The maximum atomic E-state index is 12.9. The molecular weight excluding hydrogens is 344 g/mol. The van der Waals surface area contributed by atoms with E-state index in [2.05, 4.69) is 25.0 Å². The number of piperazine rings is 1. The number of carbonyl (C=O) groups excluding carboxylic acids is 1. The Kier molecular flexibility index (Phi) is 3.52. The smallest absolute Gasteiger partial charge is 0.254 e. The van der Waals surface area contributed by atoms with E-state index in [4.69, 9.17) is 0 Å². The number of aryl methyl sites for hydroxylation is 1. The van der Waals surface area contributed by atoms with Crippen LogP contribution in [0.25, 0.3) is 16.7 Å². The predicted octanol–water partition coefficient (Wildman–Crippen LogP) is 0.973. The molecule has 27 heavy (non-hydrogen) atoms. The van der Waals surface area contributed by atoms with E-state index in [1.54, 1.807) is 23.2 Å². The van der Waals surface area contributed by atoms with Crippen LogP contribution < -0.4 is 4.90 Å². The average molecular weight is 362 g/mol. The first kappa shape index (κ1) is 15.7. The summed E-state index contributed by atoms with van der Waals surface area (Å²) in [5.74, 6) is 0.936. The van der Waals surface area contributed by atoms with Crippen molar-refractivity contribution in [1.82, 2.24) is 34.0 Å². The number of carbonyl (C=O) groups is 1. The molecule has 9 nitrogen and oxygen atoms in total. The largest absolute Gasteiger partial charge is 0.352 e. The molecule has 1 aromatic carbocycles. The van der Waals surface area contributed by atoms with Crippen LogP contribution in [-0.4, -0.2) is 66.1 Å². The minimum absolute atomic E-state index is 0.0410. The number of hydrogen-bond acceptors (Lipinski definition) is 6. The second-order valence-corrected chi connectivity index (χ2v) is 6.63. The van der Waals surface area contributed by atoms with Gasteiger partial charge in [-0.1, -0.05) is 0 Å². The fourth-order valence-corrected chi connectivity index (χ4v) is 3.55. The third-order valence-electron chi connectivity index (χ3n) is 5.03. The van der Waals surface area contributed by atoms with Crippen LogP contribution in [0.2, 0.25) is 0 Å². The van der Waals surface area contributed by atoms with Gasteiger partial charge in [-0.25, -0.2) is 9.97 Å². The van der Waals surface area contributed by atoms with Crippen LogP contribution in [0.5, 0.6) is 0 Å². The molecule has 3 aromatic heterocycles. The Morgan fingerprint density at radius 1 is 1.07 bits per heavy atom. The van der Waals surface area contributed by atoms with Crippen molar-refractivity contribution >= 4 is 28.4 Å². The highest BCUT2D eigenvalue weighted by molar-refractivity contribution is 5.97. The molecule has 1 amide bonds. The van der Waals surface area contributed by atoms with Gasteiger partial charge in [-0.05, 0) is 18.2 Å². The molecule has 136 valence electrons. The van der Waals surface area contributed by atoms with Gasteiger partial charge in [-0.3, -0.25) is 9.78 Å². The van der Waals surface area contributed by atoms with E-state index in [0.29, 0.717) is 18.7 Å². The Morgan fingerprint density at radius 3 is 2.78 bits per heavy atom. The van der Waals surface area contributed by atoms with Crippen LogP contribution in [-0.2, 0) is 7.05 Å². The molecule has 0 atom stereocenters. The van der Waals surface area contributed by atoms with Gasteiger partial charge >= 0.3 is 0 Å². The average Bonchev–Trinajstić information content (AvgIpc) is 3.34. The summed E-state index contributed by atoms with van der Waals surface area (Å²) >= 11 is 0. The van der Waals surface area contributed by atoms with Crippen LogP contribution in [0.4, 0.5) is 5.82 Å². The van der Waals surface area contributed by atoms with Gasteiger partial charge in [0, 0.05) is 38.8 Å². The molecule has 0 saturated carbocycles. The second-order valence-electron chi connectivity index (χ2n) is 6.63. The lowest BCUT2D eigenvalue weighted by molar-refractivity contribution is 0.0746. The third kappa shape index (κ3) is 2.59. The van der Waals surface area contributed by atoms with Gasteiger partial charge < -0.3 is 14.4 Å². The quantitative estimate of drug-likeness (QED) is 0.528. The second kappa shape index (κ2) is 6.04. The van der Waals surface area contributed by atoms with Gasteiger partial charge in [-0.2, -0.15) is 9.61 Å². The zero-order chi connectivity index (χ0) is 18.4. The van der Waals surface area contributed by atoms with Crippen LogP contribution in [0, 0.1) is 0 Å². The Hall–Kier alpha value is -3.49. The normalized spacial score (nSPS) is 15.0. The molecule has 5 rings (SSSR count). The number of nitrogens with zero attached hydrogens (tertiary/aromatic N) is 8. The van der Waals surface area contributed by atoms with E-state index in [9.17, 15) is 4.79 Å². The SMILES string of the molecule is Cn1cnc2cc(C(=O)N3CCN(c4cncc5ncnn45)CC3)ccc21. The standard InChI is InChI=1S/C18H18N8O/c1-23-12-21-14-8-13(2-3-15(14)23)18(27)25-6-4-24(5-7-25)17-10-19-9-16-20-11-22-26(16)17/h2-3,8-12H,4-7H2,1H3. The van der Waals surface area contributed by atoms with Crippen LogP contribution in [0.1, 0.15) is 10.4 Å². The summed E-state index contributed by atoms with van der Waals surface area (Å²) in [6.45, 7) is 2.73. The number of fused-ring (bicyclic) bond motifs is 2. The first-order valence-electron chi connectivity index (χ1n) is 8.80. The molecular formula is C18H18N8O. The summed E-state index contributed by atoms with van der Waals surface area (Å²) < 4.78 is 3.72. The van der Waals surface area contributed by atoms with Crippen LogP contribution >= 0.6 is 0 Å². The van der Waals surface area contributed by atoms with Gasteiger partial charge in [0.25, 0.3) is 5.91 Å². The molecule has 9 heteroatoms. The van der Waals surface area contributed by atoms with Crippen molar-refractivity contribution in [2.75, 3.05) is 31.1 Å². The number of imidazole rings is 1. The summed E-state index contributed by atoms with van der Waals surface area (Å²) in [7, 11) is 1.95. The van der Waals surface area contributed by atoms with Gasteiger partial charge in [-0.15, -0.1) is 0 Å². The van der Waals surface area contributed by atoms with Crippen molar-refractivity contribution in [3.05, 3.63) is 48.8 Å². The maximum absolute atomic E-state index is 12.9. The van der Waals surface area contributed by atoms with Gasteiger partial charge in [0.2, 0.25) is 0 Å².